The Bertz CT molecular complexity index is 322. The Morgan fingerprint density at radius 2 is 1.82 bits per heavy atom. The van der Waals surface area contributed by atoms with Crippen molar-refractivity contribution < 1.29 is 13.5 Å². The number of nitrogens with zero attached hydrogens (tertiary/aromatic N) is 1. The first-order chi connectivity index (χ1) is 7.87. The molecular formula is C11H24N2O3S. The van der Waals surface area contributed by atoms with Crippen LogP contribution in [0.1, 0.15) is 39.5 Å². The van der Waals surface area contributed by atoms with Crippen LogP contribution in [0.5, 0.6) is 0 Å². The predicted octanol–water partition coefficient (Wildman–Crippen LogP) is 0.715. The molecule has 0 aliphatic carbocycles. The maximum atomic E-state index is 12.0. The molecule has 1 saturated heterocycles. The molecule has 2 N–H and O–H groups in total. The highest BCUT2D eigenvalue weighted by molar-refractivity contribution is 7.87. The molecular weight excluding hydrogens is 240 g/mol. The summed E-state index contributed by atoms with van der Waals surface area (Å²) in [4.78, 5) is 0. The first kappa shape index (κ1) is 14.9. The SMILES string of the molecule is CC(C)(CCO)CNS(=O)(=O)N1CCCCC1. The van der Waals surface area contributed by atoms with Gasteiger partial charge in [-0.05, 0) is 24.7 Å². The maximum Gasteiger partial charge on any atom is 0.279 e. The number of piperidine rings is 1. The second-order valence-corrected chi connectivity index (χ2v) is 7.18. The Morgan fingerprint density at radius 1 is 1.24 bits per heavy atom. The minimum absolute atomic E-state index is 0.0818. The summed E-state index contributed by atoms with van der Waals surface area (Å²) in [6.07, 6.45) is 3.60. The number of hydrogen-bond acceptors (Lipinski definition) is 3. The molecule has 1 heterocycles. The van der Waals surface area contributed by atoms with E-state index in [4.69, 9.17) is 5.11 Å². The lowest BCUT2D eigenvalue weighted by atomic mass is 9.90. The van der Waals surface area contributed by atoms with Gasteiger partial charge in [-0.3, -0.25) is 0 Å². The van der Waals surface area contributed by atoms with Crippen LogP contribution >= 0.6 is 0 Å². The molecule has 0 atom stereocenters. The van der Waals surface area contributed by atoms with Gasteiger partial charge in [-0.15, -0.1) is 0 Å². The standard InChI is InChI=1S/C11H24N2O3S/c1-11(2,6-9-14)10-12-17(15,16)13-7-4-3-5-8-13/h12,14H,3-10H2,1-2H3. The van der Waals surface area contributed by atoms with Crippen LogP contribution in [0.2, 0.25) is 0 Å². The molecule has 0 spiro atoms. The van der Waals surface area contributed by atoms with Gasteiger partial charge in [-0.2, -0.15) is 12.7 Å². The zero-order valence-electron chi connectivity index (χ0n) is 10.8. The highest BCUT2D eigenvalue weighted by Gasteiger charge is 2.26. The summed E-state index contributed by atoms with van der Waals surface area (Å²) < 4.78 is 28.1. The molecule has 0 unspecified atom stereocenters. The van der Waals surface area contributed by atoms with Crippen molar-refractivity contribution in [2.45, 2.75) is 39.5 Å². The average Bonchev–Trinajstić information content (AvgIpc) is 2.28. The van der Waals surface area contributed by atoms with Crippen LogP contribution in [0.25, 0.3) is 0 Å². The average molecular weight is 264 g/mol. The molecule has 1 aliphatic heterocycles. The lowest BCUT2D eigenvalue weighted by Crippen LogP contribution is -2.46. The summed E-state index contributed by atoms with van der Waals surface area (Å²) >= 11 is 0. The van der Waals surface area contributed by atoms with Crippen LogP contribution in [0, 0.1) is 5.41 Å². The van der Waals surface area contributed by atoms with Crippen LogP contribution in [-0.4, -0.2) is 44.1 Å². The third kappa shape index (κ3) is 4.91. The van der Waals surface area contributed by atoms with E-state index in [-0.39, 0.29) is 12.0 Å². The fraction of sp³-hybridized carbons (Fsp3) is 1.00. The zero-order chi connectivity index (χ0) is 12.9. The van der Waals surface area contributed by atoms with Gasteiger partial charge in [0.1, 0.15) is 0 Å². The predicted molar refractivity (Wildman–Crippen MR) is 67.8 cm³/mol. The van der Waals surface area contributed by atoms with E-state index in [0.29, 0.717) is 26.1 Å². The Morgan fingerprint density at radius 3 is 2.35 bits per heavy atom. The van der Waals surface area contributed by atoms with Crippen LogP contribution in [0.4, 0.5) is 0 Å². The zero-order valence-corrected chi connectivity index (χ0v) is 11.6. The highest BCUT2D eigenvalue weighted by atomic mass is 32.2. The van der Waals surface area contributed by atoms with Crippen LogP contribution in [0.3, 0.4) is 0 Å². The normalized spacial score (nSPS) is 19.5. The summed E-state index contributed by atoms with van der Waals surface area (Å²) in [5.74, 6) is 0. The Hall–Kier alpha value is -0.170. The van der Waals surface area contributed by atoms with E-state index in [1.165, 1.54) is 4.31 Å². The molecule has 6 heteroatoms. The topological polar surface area (TPSA) is 69.6 Å². The smallest absolute Gasteiger partial charge is 0.279 e. The second kappa shape index (κ2) is 6.13. The van der Waals surface area contributed by atoms with Gasteiger partial charge in [0.25, 0.3) is 10.2 Å². The minimum atomic E-state index is -3.33. The van der Waals surface area contributed by atoms with Crippen molar-refractivity contribution in [2.24, 2.45) is 5.41 Å². The quantitative estimate of drug-likeness (QED) is 0.742. The van der Waals surface area contributed by atoms with Crippen molar-refractivity contribution >= 4 is 10.2 Å². The molecule has 0 radical (unpaired) electrons. The molecule has 0 bridgehead atoms. The summed E-state index contributed by atoms with van der Waals surface area (Å²) in [6.45, 7) is 5.58. The van der Waals surface area contributed by atoms with Crippen molar-refractivity contribution in [3.05, 3.63) is 0 Å². The fourth-order valence-electron chi connectivity index (χ4n) is 1.87. The van der Waals surface area contributed by atoms with E-state index in [1.807, 2.05) is 13.8 Å². The summed E-state index contributed by atoms with van der Waals surface area (Å²) in [5, 5.41) is 8.89. The molecule has 0 aromatic heterocycles. The third-order valence-corrected chi connectivity index (χ3v) is 4.73. The van der Waals surface area contributed by atoms with Crippen LogP contribution in [0.15, 0.2) is 0 Å². The lowest BCUT2D eigenvalue weighted by Gasteiger charge is -2.29. The number of hydrogen-bond donors (Lipinski definition) is 2. The molecule has 1 rings (SSSR count). The van der Waals surface area contributed by atoms with E-state index in [2.05, 4.69) is 4.72 Å². The summed E-state index contributed by atoms with van der Waals surface area (Å²) in [7, 11) is -3.33. The van der Waals surface area contributed by atoms with Gasteiger partial charge >= 0.3 is 0 Å². The molecule has 0 amide bonds. The van der Waals surface area contributed by atoms with E-state index in [9.17, 15) is 8.42 Å². The van der Waals surface area contributed by atoms with Crippen molar-refractivity contribution in [3.8, 4) is 0 Å². The van der Waals surface area contributed by atoms with Gasteiger partial charge < -0.3 is 5.11 Å². The van der Waals surface area contributed by atoms with E-state index in [0.717, 1.165) is 19.3 Å². The lowest BCUT2D eigenvalue weighted by molar-refractivity contribution is 0.212. The number of rotatable bonds is 6. The fourth-order valence-corrected chi connectivity index (χ4v) is 3.37. The largest absolute Gasteiger partial charge is 0.396 e. The molecule has 0 aromatic carbocycles. The van der Waals surface area contributed by atoms with Crippen molar-refractivity contribution in [3.63, 3.8) is 0 Å². The molecule has 0 aromatic rings. The first-order valence-electron chi connectivity index (χ1n) is 6.23. The molecule has 0 saturated carbocycles. The molecule has 102 valence electrons. The van der Waals surface area contributed by atoms with Crippen molar-refractivity contribution in [2.75, 3.05) is 26.2 Å². The monoisotopic (exact) mass is 264 g/mol. The Kier molecular flexibility index (Phi) is 5.37. The van der Waals surface area contributed by atoms with Crippen molar-refractivity contribution in [1.82, 2.24) is 9.03 Å². The van der Waals surface area contributed by atoms with Gasteiger partial charge in [0.05, 0.1) is 0 Å². The number of nitrogens with one attached hydrogen (secondary N) is 1. The number of aliphatic hydroxyl groups excluding tert-OH is 1. The van der Waals surface area contributed by atoms with Gasteiger partial charge in [0.2, 0.25) is 0 Å². The molecule has 1 fully saturated rings. The highest BCUT2D eigenvalue weighted by Crippen LogP contribution is 2.19. The summed E-state index contributed by atoms with van der Waals surface area (Å²) in [5.41, 5.74) is -0.211. The third-order valence-electron chi connectivity index (χ3n) is 3.18. The molecule has 5 nitrogen and oxygen atoms in total. The number of aliphatic hydroxyl groups is 1. The van der Waals surface area contributed by atoms with Gasteiger partial charge in [0, 0.05) is 26.2 Å². The Balaban J connectivity index is 2.49. The molecule has 17 heavy (non-hydrogen) atoms. The second-order valence-electron chi connectivity index (χ2n) is 5.42. The Labute approximate surface area is 104 Å². The van der Waals surface area contributed by atoms with Crippen LogP contribution < -0.4 is 4.72 Å². The van der Waals surface area contributed by atoms with Crippen LogP contribution in [-0.2, 0) is 10.2 Å². The van der Waals surface area contributed by atoms with E-state index >= 15 is 0 Å². The van der Waals surface area contributed by atoms with Gasteiger partial charge in [0.15, 0.2) is 0 Å². The van der Waals surface area contributed by atoms with Crippen molar-refractivity contribution in [1.29, 1.82) is 0 Å². The summed E-state index contributed by atoms with van der Waals surface area (Å²) in [6, 6.07) is 0. The molecule has 1 aliphatic rings. The van der Waals surface area contributed by atoms with Gasteiger partial charge in [-0.1, -0.05) is 20.3 Å². The minimum Gasteiger partial charge on any atom is -0.396 e. The van der Waals surface area contributed by atoms with E-state index < -0.39 is 10.2 Å². The van der Waals surface area contributed by atoms with E-state index in [1.54, 1.807) is 0 Å². The maximum absolute atomic E-state index is 12.0. The first-order valence-corrected chi connectivity index (χ1v) is 7.67. The van der Waals surface area contributed by atoms with Gasteiger partial charge in [-0.25, -0.2) is 4.72 Å².